The van der Waals surface area contributed by atoms with Crippen LogP contribution in [0.3, 0.4) is 0 Å². The van der Waals surface area contributed by atoms with Gasteiger partial charge in [-0.3, -0.25) is 24.3 Å². The van der Waals surface area contributed by atoms with E-state index in [1.165, 1.54) is 18.7 Å². The highest BCUT2D eigenvalue weighted by Crippen LogP contribution is 2.40. The first kappa shape index (κ1) is 24.8. The highest BCUT2D eigenvalue weighted by molar-refractivity contribution is 8.00. The molecule has 0 aliphatic carbocycles. The van der Waals surface area contributed by atoms with Crippen molar-refractivity contribution < 1.29 is 29.0 Å². The lowest BCUT2D eigenvalue weighted by Crippen LogP contribution is -2.70. The summed E-state index contributed by atoms with van der Waals surface area (Å²) < 4.78 is 4.92. The molecule has 10 nitrogen and oxygen atoms in total. The first-order valence-corrected chi connectivity index (χ1v) is 12.3. The van der Waals surface area contributed by atoms with Gasteiger partial charge < -0.3 is 20.5 Å². The van der Waals surface area contributed by atoms with E-state index in [9.17, 15) is 24.3 Å². The van der Waals surface area contributed by atoms with Gasteiger partial charge in [0.15, 0.2) is 0 Å². The molecule has 1 saturated heterocycles. The third-order valence-electron chi connectivity index (χ3n) is 5.62. The van der Waals surface area contributed by atoms with E-state index in [1.807, 2.05) is 12.1 Å². The highest BCUT2D eigenvalue weighted by atomic mass is 35.5. The summed E-state index contributed by atoms with van der Waals surface area (Å²) in [5.41, 5.74) is 1.82. The van der Waals surface area contributed by atoms with Gasteiger partial charge in [0.25, 0.3) is 5.91 Å². The summed E-state index contributed by atoms with van der Waals surface area (Å²) >= 11 is 7.34. The molecule has 35 heavy (non-hydrogen) atoms. The number of carboxylic acids is 1. The second-order valence-corrected chi connectivity index (χ2v) is 9.58. The van der Waals surface area contributed by atoms with E-state index in [0.717, 1.165) is 21.5 Å². The number of nitrogens with zero attached hydrogens (tertiary/aromatic N) is 2. The number of amides is 2. The number of benzene rings is 1. The van der Waals surface area contributed by atoms with Crippen LogP contribution in [0.25, 0.3) is 10.9 Å². The molecule has 2 amide bonds. The average molecular weight is 519 g/mol. The number of β-lactam (4-membered cyclic amide) rings is 1. The summed E-state index contributed by atoms with van der Waals surface area (Å²) in [6, 6.07) is 6.51. The monoisotopic (exact) mass is 518 g/mol. The number of carbonyl (C=O) groups excluding carboxylic acids is 3. The Labute approximate surface area is 210 Å². The number of halogens is 1. The second-order valence-electron chi connectivity index (χ2n) is 8.04. The van der Waals surface area contributed by atoms with Crippen molar-refractivity contribution in [2.45, 2.75) is 31.2 Å². The maximum absolute atomic E-state index is 12.7. The lowest BCUT2D eigenvalue weighted by Gasteiger charge is -2.49. The lowest BCUT2D eigenvalue weighted by atomic mass is 10.0. The van der Waals surface area contributed by atoms with E-state index in [4.69, 9.17) is 16.3 Å². The zero-order valence-corrected chi connectivity index (χ0v) is 20.3. The van der Waals surface area contributed by atoms with E-state index in [0.29, 0.717) is 23.6 Å². The molecule has 184 valence electrons. The zero-order chi connectivity index (χ0) is 25.1. The fourth-order valence-electron chi connectivity index (χ4n) is 3.98. The molecule has 2 atom stereocenters. The molecule has 3 heterocycles. The third-order valence-corrected chi connectivity index (χ3v) is 7.19. The van der Waals surface area contributed by atoms with Crippen LogP contribution in [0.4, 0.5) is 5.69 Å². The number of hydrogen-bond acceptors (Lipinski definition) is 8. The molecule has 0 spiro atoms. The molecule has 1 aromatic carbocycles. The SMILES string of the molecule is CC(=O)OCC1=C(C(=O)O)N2C(=O)[C@@H](NC(=O)CCCNc3ccnc4cc(Cl)ccc34)[C@H]2SC1. The van der Waals surface area contributed by atoms with Crippen LogP contribution in [0, 0.1) is 0 Å². The fraction of sp³-hybridized carbons (Fsp3) is 0.348. The van der Waals surface area contributed by atoms with Crippen LogP contribution in [0.5, 0.6) is 0 Å². The van der Waals surface area contributed by atoms with Crippen molar-refractivity contribution in [3.63, 3.8) is 0 Å². The first-order chi connectivity index (χ1) is 16.8. The summed E-state index contributed by atoms with van der Waals surface area (Å²) in [5, 5.41) is 16.6. The maximum Gasteiger partial charge on any atom is 0.352 e. The second kappa shape index (κ2) is 10.5. The van der Waals surface area contributed by atoms with Gasteiger partial charge in [0.2, 0.25) is 5.91 Å². The first-order valence-electron chi connectivity index (χ1n) is 10.9. The van der Waals surface area contributed by atoms with Gasteiger partial charge >= 0.3 is 11.9 Å². The van der Waals surface area contributed by atoms with Crippen molar-refractivity contribution >= 4 is 63.7 Å². The van der Waals surface area contributed by atoms with Crippen molar-refractivity contribution in [1.82, 2.24) is 15.2 Å². The molecule has 2 aliphatic heterocycles. The van der Waals surface area contributed by atoms with E-state index in [1.54, 1.807) is 18.3 Å². The Bertz CT molecular complexity index is 1240. The Kier molecular flexibility index (Phi) is 7.46. The summed E-state index contributed by atoms with van der Waals surface area (Å²) in [4.78, 5) is 53.4. The quantitative estimate of drug-likeness (QED) is 0.259. The molecule has 0 saturated carbocycles. The number of aromatic nitrogens is 1. The highest BCUT2D eigenvalue weighted by Gasteiger charge is 2.54. The van der Waals surface area contributed by atoms with Gasteiger partial charge in [-0.1, -0.05) is 11.6 Å². The number of carbonyl (C=O) groups is 4. The van der Waals surface area contributed by atoms with Crippen molar-refractivity contribution in [1.29, 1.82) is 0 Å². The predicted molar refractivity (Wildman–Crippen MR) is 131 cm³/mol. The number of fused-ring (bicyclic) bond motifs is 2. The number of nitrogens with one attached hydrogen (secondary N) is 2. The summed E-state index contributed by atoms with van der Waals surface area (Å²) in [6.45, 7) is 1.57. The van der Waals surface area contributed by atoms with Gasteiger partial charge in [0.1, 0.15) is 23.7 Å². The molecular formula is C23H23ClN4O6S. The Balaban J connectivity index is 1.29. The standard InChI is InChI=1S/C23H23ClN4O6S/c1-12(29)34-10-13-11-35-22-19(21(31)28(22)20(13)23(32)33)27-18(30)3-2-7-25-16-6-8-26-17-9-14(24)4-5-15(16)17/h4-6,8-9,19,22H,2-3,7,10-11H2,1H3,(H,25,26)(H,27,30)(H,32,33)/t19-,22-/m1/s1. The Morgan fingerprint density at radius 2 is 2.11 bits per heavy atom. The number of ether oxygens (including phenoxy) is 1. The molecular weight excluding hydrogens is 496 g/mol. The summed E-state index contributed by atoms with van der Waals surface area (Å²) in [6.07, 6.45) is 2.40. The zero-order valence-electron chi connectivity index (χ0n) is 18.7. The van der Waals surface area contributed by atoms with Gasteiger partial charge in [-0.15, -0.1) is 11.8 Å². The number of aliphatic carboxylic acids is 1. The molecule has 1 fully saturated rings. The number of pyridine rings is 1. The van der Waals surface area contributed by atoms with Crippen molar-refractivity contribution in [3.8, 4) is 0 Å². The van der Waals surface area contributed by atoms with Crippen LogP contribution >= 0.6 is 23.4 Å². The maximum atomic E-state index is 12.7. The van der Waals surface area contributed by atoms with Crippen LogP contribution in [-0.4, -0.2) is 69.1 Å². The van der Waals surface area contributed by atoms with E-state index in [2.05, 4.69) is 15.6 Å². The fourth-order valence-corrected chi connectivity index (χ4v) is 5.47. The number of thioether (sulfide) groups is 1. The molecule has 0 unspecified atom stereocenters. The van der Waals surface area contributed by atoms with Gasteiger partial charge in [-0.25, -0.2) is 4.79 Å². The third kappa shape index (κ3) is 5.35. The molecule has 0 bridgehead atoms. The summed E-state index contributed by atoms with van der Waals surface area (Å²) in [7, 11) is 0. The van der Waals surface area contributed by atoms with Gasteiger partial charge in [0.05, 0.1) is 5.52 Å². The topological polar surface area (TPSA) is 138 Å². The van der Waals surface area contributed by atoms with Crippen molar-refractivity contribution in [2.75, 3.05) is 24.2 Å². The molecule has 2 aromatic rings. The number of carboxylic acid groups (broad SMARTS) is 1. The van der Waals surface area contributed by atoms with Crippen LogP contribution in [0.1, 0.15) is 19.8 Å². The normalized spacial score (nSPS) is 19.1. The van der Waals surface area contributed by atoms with Crippen LogP contribution in [-0.2, 0) is 23.9 Å². The van der Waals surface area contributed by atoms with Crippen molar-refractivity contribution in [3.05, 3.63) is 46.8 Å². The Hall–Kier alpha value is -3.31. The predicted octanol–water partition coefficient (Wildman–Crippen LogP) is 2.38. The number of esters is 1. The minimum absolute atomic E-state index is 0.180. The van der Waals surface area contributed by atoms with E-state index >= 15 is 0 Å². The molecule has 0 radical (unpaired) electrons. The largest absolute Gasteiger partial charge is 0.477 e. The van der Waals surface area contributed by atoms with Crippen LogP contribution in [0.15, 0.2) is 41.7 Å². The number of hydrogen-bond donors (Lipinski definition) is 3. The van der Waals surface area contributed by atoms with Crippen molar-refractivity contribution in [2.24, 2.45) is 0 Å². The van der Waals surface area contributed by atoms with Crippen LogP contribution < -0.4 is 10.6 Å². The summed E-state index contributed by atoms with van der Waals surface area (Å²) in [5.74, 6) is -2.31. The average Bonchev–Trinajstić information content (AvgIpc) is 2.82. The molecule has 4 rings (SSSR count). The van der Waals surface area contributed by atoms with E-state index < -0.39 is 29.3 Å². The van der Waals surface area contributed by atoms with Gasteiger partial charge in [0, 0.05) is 53.5 Å². The molecule has 12 heteroatoms. The van der Waals surface area contributed by atoms with E-state index in [-0.39, 0.29) is 30.4 Å². The van der Waals surface area contributed by atoms with Gasteiger partial charge in [-0.05, 0) is 30.7 Å². The minimum atomic E-state index is -1.27. The lowest BCUT2D eigenvalue weighted by molar-refractivity contribution is -0.151. The minimum Gasteiger partial charge on any atom is -0.477 e. The van der Waals surface area contributed by atoms with Crippen LogP contribution in [0.2, 0.25) is 5.02 Å². The Morgan fingerprint density at radius 3 is 2.86 bits per heavy atom. The smallest absolute Gasteiger partial charge is 0.352 e. The Morgan fingerprint density at radius 1 is 1.31 bits per heavy atom. The molecule has 3 N–H and O–H groups in total. The number of rotatable bonds is 9. The molecule has 1 aromatic heterocycles. The van der Waals surface area contributed by atoms with Gasteiger partial charge in [-0.2, -0.15) is 0 Å². The molecule has 2 aliphatic rings. The number of anilines is 1.